The van der Waals surface area contributed by atoms with E-state index in [0.29, 0.717) is 20.0 Å². The van der Waals surface area contributed by atoms with Crippen molar-refractivity contribution in [3.05, 3.63) is 56.2 Å². The van der Waals surface area contributed by atoms with Crippen LogP contribution in [0.3, 0.4) is 0 Å². The van der Waals surface area contributed by atoms with E-state index in [4.69, 9.17) is 5.11 Å². The highest BCUT2D eigenvalue weighted by atomic mass is 79.9. The summed E-state index contributed by atoms with van der Waals surface area (Å²) in [5, 5.41) is 20.4. The van der Waals surface area contributed by atoms with Crippen molar-refractivity contribution in [2.45, 2.75) is 16.8 Å². The van der Waals surface area contributed by atoms with Crippen molar-refractivity contribution in [1.29, 1.82) is 0 Å². The van der Waals surface area contributed by atoms with Gasteiger partial charge >= 0.3 is 5.97 Å². The quantitative estimate of drug-likeness (QED) is 0.649. The first-order chi connectivity index (χ1) is 9.88. The number of benzene rings is 1. The normalized spacial score (nSPS) is 10.4. The molecule has 0 unspecified atom stereocenters. The molecule has 108 valence electrons. The van der Waals surface area contributed by atoms with E-state index < -0.39 is 10.9 Å². The number of aromatic carboxylic acids is 1. The summed E-state index contributed by atoms with van der Waals surface area (Å²) >= 11 is 4.33. The molecule has 2 rings (SSSR count). The molecule has 0 aliphatic rings. The number of pyridine rings is 1. The average Bonchev–Trinajstić information content (AvgIpc) is 2.42. The SMILES string of the molecule is Cc1cnc(Sc2ccc(Br)c(C(=O)O)c2)cc1[N+](=O)[O-]. The summed E-state index contributed by atoms with van der Waals surface area (Å²) < 4.78 is 0.474. The van der Waals surface area contributed by atoms with Crippen LogP contribution < -0.4 is 0 Å². The van der Waals surface area contributed by atoms with E-state index >= 15 is 0 Å². The molecule has 2 aromatic rings. The smallest absolute Gasteiger partial charge is 0.336 e. The van der Waals surface area contributed by atoms with Crippen molar-refractivity contribution in [2.75, 3.05) is 0 Å². The van der Waals surface area contributed by atoms with Crippen LogP contribution in [0.15, 0.2) is 44.9 Å². The largest absolute Gasteiger partial charge is 0.478 e. The van der Waals surface area contributed by atoms with Gasteiger partial charge < -0.3 is 5.11 Å². The minimum absolute atomic E-state index is 0.0110. The van der Waals surface area contributed by atoms with Crippen LogP contribution in [0.1, 0.15) is 15.9 Å². The highest BCUT2D eigenvalue weighted by molar-refractivity contribution is 9.10. The van der Waals surface area contributed by atoms with E-state index in [1.54, 1.807) is 19.1 Å². The molecule has 0 radical (unpaired) electrons. The van der Waals surface area contributed by atoms with Gasteiger partial charge in [0.15, 0.2) is 0 Å². The van der Waals surface area contributed by atoms with Crippen LogP contribution in [0.4, 0.5) is 5.69 Å². The van der Waals surface area contributed by atoms with Crippen molar-refractivity contribution in [3.63, 3.8) is 0 Å². The second-order valence-corrected chi connectivity index (χ2v) is 6.06. The van der Waals surface area contributed by atoms with Gasteiger partial charge in [-0.2, -0.15) is 0 Å². The number of hydrogen-bond acceptors (Lipinski definition) is 5. The van der Waals surface area contributed by atoms with Gasteiger partial charge in [-0.1, -0.05) is 11.8 Å². The third-order valence-corrected chi connectivity index (χ3v) is 4.25. The number of nitrogens with zero attached hydrogens (tertiary/aromatic N) is 2. The van der Waals surface area contributed by atoms with Crippen LogP contribution in [-0.2, 0) is 0 Å². The van der Waals surface area contributed by atoms with Gasteiger partial charge in [-0.15, -0.1) is 0 Å². The van der Waals surface area contributed by atoms with E-state index in [0.717, 1.165) is 0 Å². The van der Waals surface area contributed by atoms with Crippen molar-refractivity contribution < 1.29 is 14.8 Å². The van der Waals surface area contributed by atoms with Gasteiger partial charge in [0.05, 0.1) is 10.5 Å². The van der Waals surface area contributed by atoms with E-state index in [-0.39, 0.29) is 11.3 Å². The van der Waals surface area contributed by atoms with E-state index in [1.807, 2.05) is 0 Å². The number of aromatic nitrogens is 1. The van der Waals surface area contributed by atoms with Gasteiger partial charge in [0, 0.05) is 27.2 Å². The van der Waals surface area contributed by atoms with Crippen LogP contribution in [0.25, 0.3) is 0 Å². The Balaban J connectivity index is 2.34. The summed E-state index contributed by atoms with van der Waals surface area (Å²) in [7, 11) is 0. The number of carboxylic acids is 1. The molecule has 1 aromatic heterocycles. The molecule has 0 spiro atoms. The lowest BCUT2D eigenvalue weighted by Gasteiger charge is -2.05. The van der Waals surface area contributed by atoms with Crippen molar-refractivity contribution >= 4 is 39.3 Å². The predicted molar refractivity (Wildman–Crippen MR) is 80.9 cm³/mol. The van der Waals surface area contributed by atoms with Crippen molar-refractivity contribution in [3.8, 4) is 0 Å². The summed E-state index contributed by atoms with van der Waals surface area (Å²) in [5.74, 6) is -1.05. The lowest BCUT2D eigenvalue weighted by atomic mass is 10.2. The number of aryl methyl sites for hydroxylation is 1. The van der Waals surface area contributed by atoms with Crippen molar-refractivity contribution in [2.24, 2.45) is 0 Å². The molecular formula is C13H9BrN2O4S. The molecule has 0 saturated heterocycles. The maximum absolute atomic E-state index is 11.1. The molecule has 0 aliphatic carbocycles. The molecule has 1 N–H and O–H groups in total. The van der Waals surface area contributed by atoms with Crippen LogP contribution in [0.2, 0.25) is 0 Å². The summed E-state index contributed by atoms with van der Waals surface area (Å²) in [5.41, 5.74) is 0.594. The van der Waals surface area contributed by atoms with Gasteiger partial charge in [0.25, 0.3) is 5.69 Å². The average molecular weight is 369 g/mol. The van der Waals surface area contributed by atoms with Gasteiger partial charge in [0.2, 0.25) is 0 Å². The Hall–Kier alpha value is -1.93. The summed E-state index contributed by atoms with van der Waals surface area (Å²) in [6, 6.07) is 6.20. The van der Waals surface area contributed by atoms with Gasteiger partial charge in [-0.25, -0.2) is 9.78 Å². The van der Waals surface area contributed by atoms with Crippen LogP contribution in [-0.4, -0.2) is 21.0 Å². The third-order valence-electron chi connectivity index (χ3n) is 2.64. The molecule has 0 atom stereocenters. The predicted octanol–water partition coefficient (Wildman–Crippen LogP) is 3.91. The Morgan fingerprint density at radius 3 is 2.76 bits per heavy atom. The molecule has 0 bridgehead atoms. The zero-order valence-corrected chi connectivity index (χ0v) is 13.1. The van der Waals surface area contributed by atoms with Crippen LogP contribution in [0, 0.1) is 17.0 Å². The molecule has 0 amide bonds. The van der Waals surface area contributed by atoms with E-state index in [9.17, 15) is 14.9 Å². The van der Waals surface area contributed by atoms with Crippen molar-refractivity contribution in [1.82, 2.24) is 4.98 Å². The Morgan fingerprint density at radius 1 is 1.43 bits per heavy atom. The van der Waals surface area contributed by atoms with Gasteiger partial charge in [0.1, 0.15) is 5.03 Å². The highest BCUT2D eigenvalue weighted by Gasteiger charge is 2.14. The number of halogens is 1. The standard InChI is InChI=1S/C13H9BrN2O4S/c1-7-6-15-12(5-11(7)16(19)20)21-8-2-3-10(14)9(4-8)13(17)18/h2-6H,1H3,(H,17,18). The maximum atomic E-state index is 11.1. The molecule has 0 aliphatic heterocycles. The van der Waals surface area contributed by atoms with Crippen LogP contribution in [0.5, 0.6) is 0 Å². The fourth-order valence-corrected chi connectivity index (χ4v) is 2.85. The lowest BCUT2D eigenvalue weighted by molar-refractivity contribution is -0.385. The Kier molecular flexibility index (Phi) is 4.59. The Morgan fingerprint density at radius 2 is 2.14 bits per heavy atom. The number of rotatable bonds is 4. The molecule has 21 heavy (non-hydrogen) atoms. The minimum Gasteiger partial charge on any atom is -0.478 e. The zero-order valence-electron chi connectivity index (χ0n) is 10.7. The summed E-state index contributed by atoms with van der Waals surface area (Å²) in [4.78, 5) is 26.3. The highest BCUT2D eigenvalue weighted by Crippen LogP contribution is 2.32. The molecule has 1 aromatic carbocycles. The molecule has 8 heteroatoms. The number of carboxylic acid groups (broad SMARTS) is 1. The Bertz CT molecular complexity index is 675. The van der Waals surface area contributed by atoms with E-state index in [1.165, 1.54) is 30.1 Å². The maximum Gasteiger partial charge on any atom is 0.336 e. The van der Waals surface area contributed by atoms with Gasteiger partial charge in [-0.3, -0.25) is 10.1 Å². The van der Waals surface area contributed by atoms with Gasteiger partial charge in [-0.05, 0) is 41.1 Å². The summed E-state index contributed by atoms with van der Waals surface area (Å²) in [6.07, 6.45) is 1.43. The summed E-state index contributed by atoms with van der Waals surface area (Å²) in [6.45, 7) is 1.61. The second-order valence-electron chi connectivity index (χ2n) is 4.12. The fourth-order valence-electron chi connectivity index (χ4n) is 1.60. The first-order valence-electron chi connectivity index (χ1n) is 5.70. The first kappa shape index (κ1) is 15.5. The molecular weight excluding hydrogens is 360 g/mol. The topological polar surface area (TPSA) is 93.3 Å². The zero-order chi connectivity index (χ0) is 15.6. The fraction of sp³-hybridized carbons (Fsp3) is 0.0769. The Labute approximate surface area is 132 Å². The second kappa shape index (κ2) is 6.23. The minimum atomic E-state index is -1.05. The monoisotopic (exact) mass is 368 g/mol. The third kappa shape index (κ3) is 3.59. The molecule has 0 saturated carbocycles. The molecule has 0 fully saturated rings. The van der Waals surface area contributed by atoms with Crippen LogP contribution >= 0.6 is 27.7 Å². The number of nitro groups is 1. The molecule has 1 heterocycles. The molecule has 6 nitrogen and oxygen atoms in total. The first-order valence-corrected chi connectivity index (χ1v) is 7.31. The number of hydrogen-bond donors (Lipinski definition) is 1. The number of carbonyl (C=O) groups is 1. The lowest BCUT2D eigenvalue weighted by Crippen LogP contribution is -1.97. The van der Waals surface area contributed by atoms with E-state index in [2.05, 4.69) is 20.9 Å².